The molecule has 2 rings (SSSR count). The number of carbonyl (C=O) groups is 3. The Kier molecular flexibility index (Phi) is 8.75. The van der Waals surface area contributed by atoms with Gasteiger partial charge in [0.15, 0.2) is 0 Å². The molecule has 1 fully saturated rings. The molecule has 1 aliphatic rings. The number of aryl methyl sites for hydroxylation is 1. The number of ether oxygens (including phenoxy) is 2. The van der Waals surface area contributed by atoms with Gasteiger partial charge in [-0.15, -0.1) is 4.99 Å². The van der Waals surface area contributed by atoms with Gasteiger partial charge >= 0.3 is 18.2 Å². The summed E-state index contributed by atoms with van der Waals surface area (Å²) in [6.45, 7) is 15.2. The Hall–Kier alpha value is -3.30. The molecule has 1 heterocycles. The molecule has 0 bridgehead atoms. The summed E-state index contributed by atoms with van der Waals surface area (Å²) in [5.74, 6) is 0.0489. The van der Waals surface area contributed by atoms with Crippen molar-refractivity contribution in [2.75, 3.05) is 26.9 Å². The number of rotatable bonds is 3. The summed E-state index contributed by atoms with van der Waals surface area (Å²) < 4.78 is 11.1. The second-order valence-corrected chi connectivity index (χ2v) is 10.6. The topological polar surface area (TPSA) is 95.0 Å². The minimum atomic E-state index is -0.840. The summed E-state index contributed by atoms with van der Waals surface area (Å²) in [5.41, 5.74) is 0.311. The van der Waals surface area contributed by atoms with Crippen molar-refractivity contribution in [2.24, 2.45) is 4.99 Å². The van der Waals surface area contributed by atoms with Crippen molar-refractivity contribution in [3.05, 3.63) is 35.4 Å². The fourth-order valence-corrected chi connectivity index (χ4v) is 3.43. The monoisotopic (exact) mass is 489 g/mol. The highest BCUT2D eigenvalue weighted by Gasteiger charge is 2.36. The van der Waals surface area contributed by atoms with Crippen molar-refractivity contribution in [2.45, 2.75) is 73.1 Å². The Morgan fingerprint density at radius 1 is 1.06 bits per heavy atom. The number of amides is 4. The quantitative estimate of drug-likeness (QED) is 0.454. The number of urea groups is 1. The van der Waals surface area contributed by atoms with E-state index in [-0.39, 0.29) is 31.9 Å². The van der Waals surface area contributed by atoms with Gasteiger partial charge in [0.1, 0.15) is 11.2 Å². The van der Waals surface area contributed by atoms with Gasteiger partial charge < -0.3 is 24.2 Å². The molecule has 1 aromatic carbocycles. The normalized spacial score (nSPS) is 15.3. The zero-order chi connectivity index (χ0) is 26.6. The van der Waals surface area contributed by atoms with Crippen LogP contribution in [0.25, 0.3) is 0 Å². The van der Waals surface area contributed by atoms with Gasteiger partial charge in [-0.3, -0.25) is 0 Å². The standard InChI is InChI=1S/C25H39N5O5/c1-10-28-17-29(16-27(9)22(28)32)20(26-21(31)34-24(3,4)5)30(23(33)35-25(6,7)8)15-19-13-11-12-18(2)14-19/h11-14H,10,15-17H2,1-9H3. The molecule has 0 N–H and O–H groups in total. The summed E-state index contributed by atoms with van der Waals surface area (Å²) in [7, 11) is 1.65. The molecule has 0 aromatic heterocycles. The van der Waals surface area contributed by atoms with Crippen LogP contribution in [0.2, 0.25) is 0 Å². The molecule has 0 spiro atoms. The molecule has 0 radical (unpaired) electrons. The summed E-state index contributed by atoms with van der Waals surface area (Å²) in [4.78, 5) is 49.1. The first kappa shape index (κ1) is 27.9. The molecule has 1 aromatic rings. The molecule has 0 atom stereocenters. The molecule has 1 saturated heterocycles. The van der Waals surface area contributed by atoms with Crippen LogP contribution in [0.1, 0.15) is 59.6 Å². The number of hydrogen-bond donors (Lipinski definition) is 0. The molecular weight excluding hydrogens is 450 g/mol. The third-order valence-corrected chi connectivity index (χ3v) is 4.85. The number of hydrogen-bond acceptors (Lipinski definition) is 5. The average molecular weight is 490 g/mol. The number of guanidine groups is 1. The summed E-state index contributed by atoms with van der Waals surface area (Å²) in [5, 5.41) is 0. The zero-order valence-electron chi connectivity index (χ0n) is 22.4. The number of carbonyl (C=O) groups excluding carboxylic acids is 3. The number of aliphatic imine (C=N–C) groups is 1. The van der Waals surface area contributed by atoms with Gasteiger partial charge in [0.25, 0.3) is 0 Å². The molecule has 4 amide bonds. The predicted octanol–water partition coefficient (Wildman–Crippen LogP) is 4.63. The van der Waals surface area contributed by atoms with Gasteiger partial charge in [-0.25, -0.2) is 19.3 Å². The molecule has 0 aliphatic carbocycles. The van der Waals surface area contributed by atoms with Crippen LogP contribution < -0.4 is 0 Å². The first-order valence-corrected chi connectivity index (χ1v) is 11.7. The third-order valence-electron chi connectivity index (χ3n) is 4.85. The Balaban J connectivity index is 2.59. The minimum absolute atomic E-state index is 0.0489. The highest BCUT2D eigenvalue weighted by atomic mass is 16.6. The Labute approximate surface area is 208 Å². The van der Waals surface area contributed by atoms with Crippen molar-refractivity contribution in [1.82, 2.24) is 19.6 Å². The highest BCUT2D eigenvalue weighted by molar-refractivity contribution is 5.99. The Morgan fingerprint density at radius 3 is 2.23 bits per heavy atom. The molecule has 1 aliphatic heterocycles. The van der Waals surface area contributed by atoms with E-state index < -0.39 is 23.4 Å². The number of benzene rings is 1. The van der Waals surface area contributed by atoms with E-state index >= 15 is 0 Å². The van der Waals surface area contributed by atoms with E-state index in [1.165, 1.54) is 9.80 Å². The number of nitrogens with zero attached hydrogens (tertiary/aromatic N) is 5. The summed E-state index contributed by atoms with van der Waals surface area (Å²) >= 11 is 0. The van der Waals surface area contributed by atoms with Gasteiger partial charge in [-0.1, -0.05) is 29.8 Å². The van der Waals surface area contributed by atoms with Gasteiger partial charge in [0.05, 0.1) is 19.9 Å². The molecule has 10 heteroatoms. The first-order valence-electron chi connectivity index (χ1n) is 11.7. The fourth-order valence-electron chi connectivity index (χ4n) is 3.43. The highest BCUT2D eigenvalue weighted by Crippen LogP contribution is 2.19. The van der Waals surface area contributed by atoms with Gasteiger partial charge in [0.2, 0.25) is 5.96 Å². The van der Waals surface area contributed by atoms with Gasteiger partial charge in [0, 0.05) is 13.6 Å². The van der Waals surface area contributed by atoms with Crippen LogP contribution in [-0.4, -0.2) is 81.9 Å². The van der Waals surface area contributed by atoms with Crippen LogP contribution in [0.15, 0.2) is 29.3 Å². The lowest BCUT2D eigenvalue weighted by atomic mass is 10.1. The van der Waals surface area contributed by atoms with E-state index in [4.69, 9.17) is 9.47 Å². The molecule has 10 nitrogen and oxygen atoms in total. The van der Waals surface area contributed by atoms with Gasteiger partial charge in [-0.05, 0) is 61.0 Å². The van der Waals surface area contributed by atoms with Crippen molar-refractivity contribution >= 4 is 24.2 Å². The molecule has 194 valence electrons. The lowest BCUT2D eigenvalue weighted by molar-refractivity contribution is 0.0293. The van der Waals surface area contributed by atoms with E-state index in [2.05, 4.69) is 4.99 Å². The smallest absolute Gasteiger partial charge is 0.437 e. The van der Waals surface area contributed by atoms with Crippen LogP contribution in [0.5, 0.6) is 0 Å². The lowest BCUT2D eigenvalue weighted by Crippen LogP contribution is -2.61. The van der Waals surface area contributed by atoms with Crippen LogP contribution >= 0.6 is 0 Å². The van der Waals surface area contributed by atoms with E-state index in [1.54, 1.807) is 58.4 Å². The molecule has 0 unspecified atom stereocenters. The average Bonchev–Trinajstić information content (AvgIpc) is 2.70. The second-order valence-electron chi connectivity index (χ2n) is 10.6. The summed E-state index contributed by atoms with van der Waals surface area (Å²) in [6.07, 6.45) is -1.50. The van der Waals surface area contributed by atoms with Crippen molar-refractivity contribution < 1.29 is 23.9 Å². The van der Waals surface area contributed by atoms with Crippen LogP contribution in [0.4, 0.5) is 14.4 Å². The summed E-state index contributed by atoms with van der Waals surface area (Å²) in [6, 6.07) is 7.55. The maximum absolute atomic E-state index is 13.4. The second kappa shape index (κ2) is 11.0. The van der Waals surface area contributed by atoms with Crippen LogP contribution in [0.3, 0.4) is 0 Å². The molecule has 35 heavy (non-hydrogen) atoms. The predicted molar refractivity (Wildman–Crippen MR) is 134 cm³/mol. The van der Waals surface area contributed by atoms with E-state index in [9.17, 15) is 14.4 Å². The minimum Gasteiger partial charge on any atom is -0.443 e. The fraction of sp³-hybridized carbons (Fsp3) is 0.600. The van der Waals surface area contributed by atoms with Crippen LogP contribution in [-0.2, 0) is 16.0 Å². The van der Waals surface area contributed by atoms with E-state index in [0.29, 0.717) is 6.54 Å². The van der Waals surface area contributed by atoms with Crippen molar-refractivity contribution in [3.8, 4) is 0 Å². The molecule has 0 saturated carbocycles. The van der Waals surface area contributed by atoms with Crippen LogP contribution in [0, 0.1) is 6.92 Å². The maximum Gasteiger partial charge on any atom is 0.437 e. The third kappa shape index (κ3) is 8.45. The maximum atomic E-state index is 13.4. The first-order chi connectivity index (χ1) is 16.1. The Morgan fingerprint density at radius 2 is 1.69 bits per heavy atom. The van der Waals surface area contributed by atoms with Gasteiger partial charge in [-0.2, -0.15) is 0 Å². The molecular formula is C25H39N5O5. The van der Waals surface area contributed by atoms with Crippen molar-refractivity contribution in [3.63, 3.8) is 0 Å². The zero-order valence-corrected chi connectivity index (χ0v) is 22.4. The van der Waals surface area contributed by atoms with Crippen molar-refractivity contribution in [1.29, 1.82) is 0 Å². The largest absolute Gasteiger partial charge is 0.443 e. The lowest BCUT2D eigenvalue weighted by Gasteiger charge is -2.43. The Bertz CT molecular complexity index is 964. The van der Waals surface area contributed by atoms with E-state index in [1.807, 2.05) is 38.1 Å². The van der Waals surface area contributed by atoms with E-state index in [0.717, 1.165) is 11.1 Å². The SMILES string of the molecule is CCN1CN(C(=NC(=O)OC(C)(C)C)N(Cc2cccc(C)c2)C(=O)OC(C)(C)C)CN(C)C1=O.